The molecule has 2 N–H and O–H groups in total. The molecule has 108 valence electrons. The molecular formula is C13H28IN3O. The third kappa shape index (κ3) is 9.94. The predicted molar refractivity (Wildman–Crippen MR) is 87.8 cm³/mol. The first-order chi connectivity index (χ1) is 8.22. The number of hydrogen-bond acceptors (Lipinski definition) is 2. The highest BCUT2D eigenvalue weighted by atomic mass is 127. The van der Waals surface area contributed by atoms with Crippen molar-refractivity contribution >= 4 is 29.9 Å². The SMILES string of the molecule is CCNC(=NCC(C)C)NCCOCC1CC1.I. The largest absolute Gasteiger partial charge is 0.379 e. The molecule has 0 amide bonds. The minimum atomic E-state index is 0. The number of nitrogens with one attached hydrogen (secondary N) is 2. The zero-order chi connectivity index (χ0) is 12.5. The van der Waals surface area contributed by atoms with Crippen LogP contribution in [-0.4, -0.2) is 38.8 Å². The molecule has 1 fully saturated rings. The van der Waals surface area contributed by atoms with E-state index in [1.807, 2.05) is 0 Å². The molecule has 0 heterocycles. The van der Waals surface area contributed by atoms with Crippen molar-refractivity contribution in [2.75, 3.05) is 32.8 Å². The van der Waals surface area contributed by atoms with Gasteiger partial charge in [-0.25, -0.2) is 0 Å². The first-order valence-corrected chi connectivity index (χ1v) is 6.82. The van der Waals surface area contributed by atoms with E-state index in [0.29, 0.717) is 5.92 Å². The maximum atomic E-state index is 5.57. The second kappa shape index (κ2) is 10.8. The van der Waals surface area contributed by atoms with Crippen molar-refractivity contribution in [2.45, 2.75) is 33.6 Å². The molecule has 1 rings (SSSR count). The number of aliphatic imine (C=N–C) groups is 1. The van der Waals surface area contributed by atoms with Crippen molar-refractivity contribution in [2.24, 2.45) is 16.8 Å². The monoisotopic (exact) mass is 369 g/mol. The van der Waals surface area contributed by atoms with Gasteiger partial charge in [-0.2, -0.15) is 0 Å². The Kier molecular flexibility index (Phi) is 10.8. The summed E-state index contributed by atoms with van der Waals surface area (Å²) in [6.45, 7) is 10.7. The Balaban J connectivity index is 0.00000289. The van der Waals surface area contributed by atoms with Crippen LogP contribution in [0.5, 0.6) is 0 Å². The Bertz CT molecular complexity index is 230. The van der Waals surface area contributed by atoms with Crippen molar-refractivity contribution in [1.82, 2.24) is 10.6 Å². The van der Waals surface area contributed by atoms with E-state index < -0.39 is 0 Å². The molecule has 0 saturated heterocycles. The van der Waals surface area contributed by atoms with Gasteiger partial charge in [0.1, 0.15) is 0 Å². The number of ether oxygens (including phenoxy) is 1. The third-order valence-electron chi connectivity index (χ3n) is 2.55. The smallest absolute Gasteiger partial charge is 0.191 e. The Hall–Kier alpha value is -0.0400. The highest BCUT2D eigenvalue weighted by Crippen LogP contribution is 2.28. The van der Waals surface area contributed by atoms with Gasteiger partial charge in [0.05, 0.1) is 6.61 Å². The number of halogens is 1. The molecule has 4 nitrogen and oxygen atoms in total. The second-order valence-electron chi connectivity index (χ2n) is 5.06. The first-order valence-electron chi connectivity index (χ1n) is 6.82. The maximum absolute atomic E-state index is 5.57. The van der Waals surface area contributed by atoms with Crippen molar-refractivity contribution in [3.8, 4) is 0 Å². The minimum absolute atomic E-state index is 0. The lowest BCUT2D eigenvalue weighted by atomic mass is 10.2. The highest BCUT2D eigenvalue weighted by Gasteiger charge is 2.20. The van der Waals surface area contributed by atoms with Gasteiger partial charge in [-0.05, 0) is 31.6 Å². The van der Waals surface area contributed by atoms with E-state index in [1.165, 1.54) is 12.8 Å². The lowest BCUT2D eigenvalue weighted by Gasteiger charge is -2.12. The molecule has 0 aromatic rings. The number of rotatable bonds is 8. The molecule has 18 heavy (non-hydrogen) atoms. The van der Waals surface area contributed by atoms with Crippen LogP contribution in [0.1, 0.15) is 33.6 Å². The highest BCUT2D eigenvalue weighted by molar-refractivity contribution is 14.0. The maximum Gasteiger partial charge on any atom is 0.191 e. The van der Waals surface area contributed by atoms with Crippen LogP contribution in [0, 0.1) is 11.8 Å². The molecular weight excluding hydrogens is 341 g/mol. The minimum Gasteiger partial charge on any atom is -0.379 e. The fraction of sp³-hybridized carbons (Fsp3) is 0.923. The Morgan fingerprint density at radius 3 is 2.61 bits per heavy atom. The molecule has 5 heteroatoms. The molecule has 0 spiro atoms. The van der Waals surface area contributed by atoms with E-state index >= 15 is 0 Å². The van der Waals surface area contributed by atoms with Crippen LogP contribution < -0.4 is 10.6 Å². The van der Waals surface area contributed by atoms with Crippen LogP contribution in [0.15, 0.2) is 4.99 Å². The number of nitrogens with zero attached hydrogens (tertiary/aromatic N) is 1. The summed E-state index contributed by atoms with van der Waals surface area (Å²) in [4.78, 5) is 4.50. The third-order valence-corrected chi connectivity index (χ3v) is 2.55. The Morgan fingerprint density at radius 2 is 2.06 bits per heavy atom. The van der Waals surface area contributed by atoms with Crippen molar-refractivity contribution in [3.63, 3.8) is 0 Å². The summed E-state index contributed by atoms with van der Waals surface area (Å²) in [7, 11) is 0. The molecule has 1 aliphatic carbocycles. The predicted octanol–water partition coefficient (Wildman–Crippen LogP) is 2.24. The van der Waals surface area contributed by atoms with E-state index in [4.69, 9.17) is 4.74 Å². The van der Waals surface area contributed by atoms with Gasteiger partial charge in [0, 0.05) is 26.2 Å². The topological polar surface area (TPSA) is 45.7 Å². The van der Waals surface area contributed by atoms with Crippen LogP contribution in [-0.2, 0) is 4.74 Å². The van der Waals surface area contributed by atoms with E-state index in [1.54, 1.807) is 0 Å². The summed E-state index contributed by atoms with van der Waals surface area (Å²) < 4.78 is 5.57. The Morgan fingerprint density at radius 1 is 1.33 bits per heavy atom. The number of hydrogen-bond donors (Lipinski definition) is 2. The molecule has 0 atom stereocenters. The average molecular weight is 369 g/mol. The van der Waals surface area contributed by atoms with Crippen LogP contribution >= 0.6 is 24.0 Å². The van der Waals surface area contributed by atoms with Gasteiger partial charge >= 0.3 is 0 Å². The van der Waals surface area contributed by atoms with Gasteiger partial charge in [-0.3, -0.25) is 4.99 Å². The van der Waals surface area contributed by atoms with E-state index in [-0.39, 0.29) is 24.0 Å². The molecule has 1 aliphatic rings. The van der Waals surface area contributed by atoms with Crippen LogP contribution in [0.3, 0.4) is 0 Å². The molecule has 0 radical (unpaired) electrons. The Labute approximate surface area is 128 Å². The quantitative estimate of drug-likeness (QED) is 0.299. The normalized spacial score (nSPS) is 15.4. The first kappa shape index (κ1) is 18.0. The molecule has 1 saturated carbocycles. The van der Waals surface area contributed by atoms with Crippen LogP contribution in [0.4, 0.5) is 0 Å². The fourth-order valence-electron chi connectivity index (χ4n) is 1.39. The molecule has 0 unspecified atom stereocenters. The summed E-state index contributed by atoms with van der Waals surface area (Å²) in [5, 5.41) is 6.52. The lowest BCUT2D eigenvalue weighted by Crippen LogP contribution is -2.39. The van der Waals surface area contributed by atoms with E-state index in [9.17, 15) is 0 Å². The molecule has 0 bridgehead atoms. The van der Waals surface area contributed by atoms with Gasteiger partial charge < -0.3 is 15.4 Å². The van der Waals surface area contributed by atoms with Gasteiger partial charge in [0.2, 0.25) is 0 Å². The van der Waals surface area contributed by atoms with Crippen molar-refractivity contribution in [3.05, 3.63) is 0 Å². The zero-order valence-corrected chi connectivity index (χ0v) is 14.2. The van der Waals surface area contributed by atoms with Crippen molar-refractivity contribution < 1.29 is 4.74 Å². The van der Waals surface area contributed by atoms with E-state index in [2.05, 4.69) is 36.4 Å². The fourth-order valence-corrected chi connectivity index (χ4v) is 1.39. The summed E-state index contributed by atoms with van der Waals surface area (Å²) in [6.07, 6.45) is 2.71. The standard InChI is InChI=1S/C13H27N3O.HI/c1-4-14-13(16-9-11(2)3)15-7-8-17-10-12-5-6-12;/h11-12H,4-10H2,1-3H3,(H2,14,15,16);1H. The zero-order valence-electron chi connectivity index (χ0n) is 11.9. The van der Waals surface area contributed by atoms with Gasteiger partial charge in [-0.15, -0.1) is 24.0 Å². The van der Waals surface area contributed by atoms with Crippen LogP contribution in [0.25, 0.3) is 0 Å². The summed E-state index contributed by atoms with van der Waals surface area (Å²) >= 11 is 0. The van der Waals surface area contributed by atoms with Gasteiger partial charge in [0.25, 0.3) is 0 Å². The molecule has 0 aromatic carbocycles. The summed E-state index contributed by atoms with van der Waals surface area (Å²) in [5.74, 6) is 2.34. The van der Waals surface area contributed by atoms with Gasteiger partial charge in [0.15, 0.2) is 5.96 Å². The van der Waals surface area contributed by atoms with Gasteiger partial charge in [-0.1, -0.05) is 13.8 Å². The number of guanidine groups is 1. The lowest BCUT2D eigenvalue weighted by molar-refractivity contribution is 0.129. The van der Waals surface area contributed by atoms with Crippen LogP contribution in [0.2, 0.25) is 0 Å². The molecule has 0 aromatic heterocycles. The summed E-state index contributed by atoms with van der Waals surface area (Å²) in [6, 6.07) is 0. The second-order valence-corrected chi connectivity index (χ2v) is 5.06. The average Bonchev–Trinajstić information content (AvgIpc) is 3.09. The van der Waals surface area contributed by atoms with Crippen molar-refractivity contribution in [1.29, 1.82) is 0 Å². The van der Waals surface area contributed by atoms with E-state index in [0.717, 1.165) is 44.7 Å². The summed E-state index contributed by atoms with van der Waals surface area (Å²) in [5.41, 5.74) is 0. The molecule has 0 aliphatic heterocycles.